The molecule has 0 saturated heterocycles. The first kappa shape index (κ1) is 15.0. The molecule has 0 aliphatic rings. The van der Waals surface area contributed by atoms with E-state index < -0.39 is 5.60 Å². The highest BCUT2D eigenvalue weighted by Gasteiger charge is 2.18. The number of alkyl halides is 1. The van der Waals surface area contributed by atoms with Gasteiger partial charge in [-0.25, -0.2) is 4.79 Å². The van der Waals surface area contributed by atoms with Gasteiger partial charge >= 0.3 is 6.09 Å². The van der Waals surface area contributed by atoms with Crippen LogP contribution in [0.4, 0.5) is 4.79 Å². The number of carbonyl (C=O) groups is 1. The minimum absolute atomic E-state index is 0.134. The van der Waals surface area contributed by atoms with Crippen molar-refractivity contribution in [3.8, 4) is 0 Å². The minimum atomic E-state index is -0.431. The zero-order valence-electron chi connectivity index (χ0n) is 9.89. The van der Waals surface area contributed by atoms with Crippen LogP contribution < -0.4 is 10.6 Å². The highest BCUT2D eigenvalue weighted by molar-refractivity contribution is 14.1. The Balaban J connectivity index is 3.91. The van der Waals surface area contributed by atoms with Gasteiger partial charge in [-0.05, 0) is 27.2 Å². The normalized spacial score (nSPS) is 13.4. The molecule has 0 rings (SSSR count). The van der Waals surface area contributed by atoms with Crippen LogP contribution in [0.2, 0.25) is 0 Å². The number of amides is 1. The van der Waals surface area contributed by atoms with E-state index in [1.54, 1.807) is 0 Å². The van der Waals surface area contributed by atoms with Crippen molar-refractivity contribution in [2.24, 2.45) is 0 Å². The summed E-state index contributed by atoms with van der Waals surface area (Å²) in [7, 11) is 0. The predicted octanol–water partition coefficient (Wildman–Crippen LogP) is 2.27. The predicted molar refractivity (Wildman–Crippen MR) is 70.3 cm³/mol. The van der Waals surface area contributed by atoms with Crippen LogP contribution in [0.1, 0.15) is 34.1 Å². The van der Waals surface area contributed by atoms with Crippen molar-refractivity contribution < 1.29 is 9.53 Å². The fourth-order valence-corrected chi connectivity index (χ4v) is 1.31. The Morgan fingerprint density at radius 1 is 1.47 bits per heavy atom. The molecule has 0 fully saturated rings. The summed E-state index contributed by atoms with van der Waals surface area (Å²) in [5, 5.41) is 6.01. The highest BCUT2D eigenvalue weighted by Crippen LogP contribution is 2.06. The third kappa shape index (κ3) is 8.92. The first-order chi connectivity index (χ1) is 6.89. The van der Waals surface area contributed by atoms with Gasteiger partial charge in [0.1, 0.15) is 5.60 Å². The fourth-order valence-electron chi connectivity index (χ4n) is 1.00. The number of carbonyl (C=O) groups excluding carboxylic acids is 1. The summed E-state index contributed by atoms with van der Waals surface area (Å²) in [6, 6.07) is 0.134. The van der Waals surface area contributed by atoms with E-state index in [0.29, 0.717) is 0 Å². The average molecular weight is 328 g/mol. The van der Waals surface area contributed by atoms with Crippen molar-refractivity contribution in [3.63, 3.8) is 0 Å². The Morgan fingerprint density at radius 2 is 2.07 bits per heavy atom. The number of nitrogens with one attached hydrogen (secondary N) is 2. The lowest BCUT2D eigenvalue weighted by molar-refractivity contribution is 0.0503. The summed E-state index contributed by atoms with van der Waals surface area (Å²) in [6.45, 7) is 8.39. The minimum Gasteiger partial charge on any atom is -0.444 e. The molecule has 0 bridgehead atoms. The van der Waals surface area contributed by atoms with Crippen molar-refractivity contribution in [2.75, 3.05) is 11.1 Å². The molecule has 0 saturated carbocycles. The van der Waals surface area contributed by atoms with E-state index in [4.69, 9.17) is 4.74 Å². The molecule has 0 unspecified atom stereocenters. The van der Waals surface area contributed by atoms with Gasteiger partial charge in [0, 0.05) is 17.1 Å². The Bertz CT molecular complexity index is 192. The van der Waals surface area contributed by atoms with Crippen molar-refractivity contribution in [1.29, 1.82) is 0 Å². The van der Waals surface area contributed by atoms with Crippen LogP contribution in [0.25, 0.3) is 0 Å². The summed E-state index contributed by atoms with van der Waals surface area (Å²) in [5.74, 6) is 0. The SMILES string of the molecule is CC[C@H](CNCI)NC(=O)OC(C)(C)C. The molecule has 15 heavy (non-hydrogen) atoms. The Morgan fingerprint density at radius 3 is 2.47 bits per heavy atom. The van der Waals surface area contributed by atoms with Crippen LogP contribution in [0, 0.1) is 0 Å². The molecule has 0 spiro atoms. The number of rotatable bonds is 5. The standard InChI is InChI=1S/C10H21IN2O2/c1-5-8(6-12-7-11)13-9(14)15-10(2,3)4/h8,12H,5-7H2,1-4H3,(H,13,14)/t8-/m1/s1. The van der Waals surface area contributed by atoms with Gasteiger partial charge in [0.25, 0.3) is 0 Å². The van der Waals surface area contributed by atoms with Crippen LogP contribution in [-0.4, -0.2) is 28.8 Å². The summed E-state index contributed by atoms with van der Waals surface area (Å²) >= 11 is 2.24. The maximum atomic E-state index is 11.4. The molecule has 1 amide bonds. The molecule has 2 N–H and O–H groups in total. The number of ether oxygens (including phenoxy) is 1. The van der Waals surface area contributed by atoms with Crippen LogP contribution in [-0.2, 0) is 4.74 Å². The second-order valence-corrected chi connectivity index (χ2v) is 5.10. The molecular weight excluding hydrogens is 307 g/mol. The number of hydrogen-bond donors (Lipinski definition) is 2. The third-order valence-corrected chi connectivity index (χ3v) is 2.24. The molecule has 0 aliphatic heterocycles. The lowest BCUT2D eigenvalue weighted by Gasteiger charge is -2.23. The Kier molecular flexibility index (Phi) is 7.25. The van der Waals surface area contributed by atoms with Gasteiger partial charge in [-0.15, -0.1) is 0 Å². The second kappa shape index (κ2) is 7.27. The quantitative estimate of drug-likeness (QED) is 0.462. The first-order valence-corrected chi connectivity index (χ1v) is 6.67. The number of hydrogen-bond acceptors (Lipinski definition) is 3. The summed E-state index contributed by atoms with van der Waals surface area (Å²) in [5.41, 5.74) is -0.431. The average Bonchev–Trinajstić information content (AvgIpc) is 2.09. The molecule has 1 atom stereocenters. The third-order valence-electron chi connectivity index (χ3n) is 1.70. The van der Waals surface area contributed by atoms with E-state index >= 15 is 0 Å². The lowest BCUT2D eigenvalue weighted by Crippen LogP contribution is -2.43. The fraction of sp³-hybridized carbons (Fsp3) is 0.900. The summed E-state index contributed by atoms with van der Waals surface area (Å²) < 4.78 is 6.05. The molecule has 0 aromatic heterocycles. The molecular formula is C10H21IN2O2. The van der Waals surface area contributed by atoms with E-state index in [-0.39, 0.29) is 12.1 Å². The van der Waals surface area contributed by atoms with Crippen LogP contribution in [0.5, 0.6) is 0 Å². The van der Waals surface area contributed by atoms with Crippen molar-refractivity contribution in [1.82, 2.24) is 10.6 Å². The second-order valence-electron chi connectivity index (χ2n) is 4.34. The van der Waals surface area contributed by atoms with E-state index in [1.807, 2.05) is 27.7 Å². The Labute approximate surface area is 106 Å². The van der Waals surface area contributed by atoms with E-state index in [9.17, 15) is 4.79 Å². The molecule has 5 heteroatoms. The van der Waals surface area contributed by atoms with Crippen molar-refractivity contribution in [3.05, 3.63) is 0 Å². The van der Waals surface area contributed by atoms with E-state index in [0.717, 1.165) is 17.5 Å². The van der Waals surface area contributed by atoms with Gasteiger partial charge in [0.2, 0.25) is 0 Å². The van der Waals surface area contributed by atoms with Gasteiger partial charge in [-0.1, -0.05) is 29.5 Å². The zero-order valence-corrected chi connectivity index (χ0v) is 12.1. The van der Waals surface area contributed by atoms with Crippen molar-refractivity contribution in [2.45, 2.75) is 45.8 Å². The first-order valence-electron chi connectivity index (χ1n) is 5.15. The molecule has 0 heterocycles. The number of halogens is 1. The molecule has 4 nitrogen and oxygen atoms in total. The maximum Gasteiger partial charge on any atom is 0.407 e. The number of alkyl carbamates (subject to hydrolysis) is 1. The molecule has 90 valence electrons. The van der Waals surface area contributed by atoms with Gasteiger partial charge in [-0.2, -0.15) is 0 Å². The molecule has 0 radical (unpaired) electrons. The van der Waals surface area contributed by atoms with Gasteiger partial charge in [0.05, 0.1) is 0 Å². The van der Waals surface area contributed by atoms with Crippen LogP contribution in [0.15, 0.2) is 0 Å². The topological polar surface area (TPSA) is 50.4 Å². The molecule has 0 aromatic carbocycles. The van der Waals surface area contributed by atoms with Crippen molar-refractivity contribution >= 4 is 28.7 Å². The summed E-state index contributed by atoms with van der Waals surface area (Å²) in [4.78, 5) is 11.4. The van der Waals surface area contributed by atoms with E-state index in [2.05, 4.69) is 33.2 Å². The largest absolute Gasteiger partial charge is 0.444 e. The lowest BCUT2D eigenvalue weighted by atomic mass is 10.2. The smallest absolute Gasteiger partial charge is 0.407 e. The molecule has 0 aliphatic carbocycles. The zero-order chi connectivity index (χ0) is 11.9. The van der Waals surface area contributed by atoms with Crippen LogP contribution >= 0.6 is 22.6 Å². The van der Waals surface area contributed by atoms with Gasteiger partial charge in [0.15, 0.2) is 0 Å². The van der Waals surface area contributed by atoms with E-state index in [1.165, 1.54) is 0 Å². The van der Waals surface area contributed by atoms with Crippen LogP contribution in [0.3, 0.4) is 0 Å². The highest BCUT2D eigenvalue weighted by atomic mass is 127. The summed E-state index contributed by atoms with van der Waals surface area (Å²) in [6.07, 6.45) is 0.549. The van der Waals surface area contributed by atoms with Gasteiger partial charge < -0.3 is 15.4 Å². The maximum absolute atomic E-state index is 11.4. The van der Waals surface area contributed by atoms with Gasteiger partial charge in [-0.3, -0.25) is 0 Å². The molecule has 0 aromatic rings. The monoisotopic (exact) mass is 328 g/mol. The Hall–Kier alpha value is -0.0400.